The van der Waals surface area contributed by atoms with E-state index in [2.05, 4.69) is 60.5 Å². The zero-order valence-electron chi connectivity index (χ0n) is 13.2. The molecule has 1 N–H and O–H groups in total. The van der Waals surface area contributed by atoms with Crippen molar-refractivity contribution in [2.75, 3.05) is 6.54 Å². The maximum atomic E-state index is 4.46. The van der Waals surface area contributed by atoms with Crippen LogP contribution >= 0.6 is 0 Å². The molecule has 2 nitrogen and oxygen atoms in total. The lowest BCUT2D eigenvalue weighted by molar-refractivity contribution is 0.474. The number of aryl methyl sites for hydroxylation is 2. The Balaban J connectivity index is 1.92. The molecule has 2 rings (SSSR count). The SMILES string of the molecule is CCCNC(CCc1cccc(C)c1)Cc1ccccn1. The van der Waals surface area contributed by atoms with Crippen molar-refractivity contribution in [3.8, 4) is 0 Å². The Hall–Kier alpha value is -1.67. The van der Waals surface area contributed by atoms with Crippen LogP contribution in [0.4, 0.5) is 0 Å². The van der Waals surface area contributed by atoms with E-state index in [1.165, 1.54) is 23.2 Å². The van der Waals surface area contributed by atoms with Gasteiger partial charge in [-0.3, -0.25) is 4.98 Å². The van der Waals surface area contributed by atoms with Crippen LogP contribution in [-0.4, -0.2) is 17.6 Å². The summed E-state index contributed by atoms with van der Waals surface area (Å²) in [5.74, 6) is 0. The molecule has 2 aromatic rings. The Morgan fingerprint density at radius 1 is 1.14 bits per heavy atom. The molecular weight excluding hydrogens is 256 g/mol. The van der Waals surface area contributed by atoms with Gasteiger partial charge in [-0.15, -0.1) is 0 Å². The molecule has 1 atom stereocenters. The van der Waals surface area contributed by atoms with Crippen LogP contribution in [0, 0.1) is 6.92 Å². The summed E-state index contributed by atoms with van der Waals surface area (Å²) >= 11 is 0. The van der Waals surface area contributed by atoms with Crippen LogP contribution in [0.5, 0.6) is 0 Å². The quantitative estimate of drug-likeness (QED) is 0.793. The lowest BCUT2D eigenvalue weighted by Crippen LogP contribution is -2.32. The van der Waals surface area contributed by atoms with Gasteiger partial charge in [-0.25, -0.2) is 0 Å². The zero-order chi connectivity index (χ0) is 14.9. The molecule has 21 heavy (non-hydrogen) atoms. The molecule has 0 fully saturated rings. The molecule has 1 heterocycles. The van der Waals surface area contributed by atoms with E-state index < -0.39 is 0 Å². The van der Waals surface area contributed by atoms with E-state index in [0.29, 0.717) is 6.04 Å². The summed E-state index contributed by atoms with van der Waals surface area (Å²) in [7, 11) is 0. The van der Waals surface area contributed by atoms with Crippen molar-refractivity contribution in [1.29, 1.82) is 0 Å². The van der Waals surface area contributed by atoms with Crippen LogP contribution < -0.4 is 5.32 Å². The Kier molecular flexibility index (Phi) is 6.42. The molecule has 0 radical (unpaired) electrons. The van der Waals surface area contributed by atoms with Crippen molar-refractivity contribution < 1.29 is 0 Å². The Labute approximate surface area is 128 Å². The molecular formula is C19H26N2. The van der Waals surface area contributed by atoms with E-state index in [-0.39, 0.29) is 0 Å². The Bertz CT molecular complexity index is 522. The topological polar surface area (TPSA) is 24.9 Å². The standard InChI is InChI=1S/C19H26N2/c1-3-12-20-19(15-18-9-4-5-13-21-18)11-10-17-8-6-7-16(2)14-17/h4-9,13-14,19-20H,3,10-12,15H2,1-2H3. The van der Waals surface area contributed by atoms with Crippen molar-refractivity contribution in [1.82, 2.24) is 10.3 Å². The summed E-state index contributed by atoms with van der Waals surface area (Å²) in [5, 5.41) is 3.66. The second-order valence-electron chi connectivity index (χ2n) is 5.70. The normalized spacial score (nSPS) is 12.3. The average Bonchev–Trinajstić information content (AvgIpc) is 2.51. The predicted molar refractivity (Wildman–Crippen MR) is 89.5 cm³/mol. The molecule has 1 aromatic heterocycles. The van der Waals surface area contributed by atoms with Crippen LogP contribution in [0.3, 0.4) is 0 Å². The van der Waals surface area contributed by atoms with Gasteiger partial charge < -0.3 is 5.32 Å². The smallest absolute Gasteiger partial charge is 0.0419 e. The third kappa shape index (κ3) is 5.68. The number of pyridine rings is 1. The number of rotatable bonds is 8. The molecule has 1 aromatic carbocycles. The molecule has 0 bridgehead atoms. The number of nitrogens with one attached hydrogen (secondary N) is 1. The third-order valence-corrected chi connectivity index (χ3v) is 3.73. The van der Waals surface area contributed by atoms with Gasteiger partial charge in [0.05, 0.1) is 0 Å². The fourth-order valence-corrected chi connectivity index (χ4v) is 2.60. The lowest BCUT2D eigenvalue weighted by Gasteiger charge is -2.18. The second kappa shape index (κ2) is 8.58. The highest BCUT2D eigenvalue weighted by molar-refractivity contribution is 5.22. The lowest BCUT2D eigenvalue weighted by atomic mass is 10.00. The van der Waals surface area contributed by atoms with Gasteiger partial charge in [0.25, 0.3) is 0 Å². The summed E-state index contributed by atoms with van der Waals surface area (Å²) in [6, 6.07) is 15.5. The van der Waals surface area contributed by atoms with E-state index in [0.717, 1.165) is 25.8 Å². The summed E-state index contributed by atoms with van der Waals surface area (Å²) in [5.41, 5.74) is 3.95. The van der Waals surface area contributed by atoms with Crippen LogP contribution in [0.15, 0.2) is 48.7 Å². The van der Waals surface area contributed by atoms with Gasteiger partial charge in [0, 0.05) is 24.4 Å². The minimum absolute atomic E-state index is 0.500. The maximum Gasteiger partial charge on any atom is 0.0419 e. The average molecular weight is 282 g/mol. The molecule has 0 saturated carbocycles. The Morgan fingerprint density at radius 2 is 2.05 bits per heavy atom. The van der Waals surface area contributed by atoms with Crippen LogP contribution in [-0.2, 0) is 12.8 Å². The van der Waals surface area contributed by atoms with E-state index in [4.69, 9.17) is 0 Å². The van der Waals surface area contributed by atoms with Crippen molar-refractivity contribution in [3.05, 3.63) is 65.5 Å². The first-order chi connectivity index (χ1) is 10.3. The molecule has 2 heteroatoms. The highest BCUT2D eigenvalue weighted by Gasteiger charge is 2.10. The van der Waals surface area contributed by atoms with Crippen molar-refractivity contribution in [3.63, 3.8) is 0 Å². The summed E-state index contributed by atoms with van der Waals surface area (Å²) in [6.45, 7) is 5.45. The zero-order valence-corrected chi connectivity index (χ0v) is 13.2. The molecule has 1 unspecified atom stereocenters. The number of nitrogens with zero attached hydrogens (tertiary/aromatic N) is 1. The monoisotopic (exact) mass is 282 g/mol. The first-order valence-corrected chi connectivity index (χ1v) is 7.96. The Morgan fingerprint density at radius 3 is 2.76 bits per heavy atom. The minimum atomic E-state index is 0.500. The number of benzene rings is 1. The molecule has 0 spiro atoms. The first kappa shape index (κ1) is 15.7. The molecule has 0 aliphatic heterocycles. The van der Waals surface area contributed by atoms with Crippen molar-refractivity contribution >= 4 is 0 Å². The molecule has 0 aliphatic carbocycles. The molecule has 0 saturated heterocycles. The highest BCUT2D eigenvalue weighted by Crippen LogP contribution is 2.11. The number of hydrogen-bond donors (Lipinski definition) is 1. The second-order valence-corrected chi connectivity index (χ2v) is 5.70. The van der Waals surface area contributed by atoms with E-state index in [1.54, 1.807) is 0 Å². The number of aromatic nitrogens is 1. The van der Waals surface area contributed by atoms with Crippen molar-refractivity contribution in [2.45, 2.75) is 45.6 Å². The van der Waals surface area contributed by atoms with E-state index in [9.17, 15) is 0 Å². The predicted octanol–water partition coefficient (Wildman–Crippen LogP) is 3.93. The van der Waals surface area contributed by atoms with E-state index >= 15 is 0 Å². The molecule has 0 amide bonds. The minimum Gasteiger partial charge on any atom is -0.314 e. The fraction of sp³-hybridized carbons (Fsp3) is 0.421. The fourth-order valence-electron chi connectivity index (χ4n) is 2.60. The van der Waals surface area contributed by atoms with Gasteiger partial charge in [-0.1, -0.05) is 42.8 Å². The van der Waals surface area contributed by atoms with Crippen molar-refractivity contribution in [2.24, 2.45) is 0 Å². The summed E-state index contributed by atoms with van der Waals surface area (Å²) in [4.78, 5) is 4.46. The third-order valence-electron chi connectivity index (χ3n) is 3.73. The maximum absolute atomic E-state index is 4.46. The number of hydrogen-bond acceptors (Lipinski definition) is 2. The first-order valence-electron chi connectivity index (χ1n) is 7.96. The summed E-state index contributed by atoms with van der Waals surface area (Å²) < 4.78 is 0. The van der Waals surface area contributed by atoms with Crippen LogP contribution in [0.2, 0.25) is 0 Å². The van der Waals surface area contributed by atoms with Crippen LogP contribution in [0.25, 0.3) is 0 Å². The summed E-state index contributed by atoms with van der Waals surface area (Å²) in [6.07, 6.45) is 6.33. The molecule has 112 valence electrons. The van der Waals surface area contributed by atoms with Gasteiger partial charge >= 0.3 is 0 Å². The van der Waals surface area contributed by atoms with Crippen LogP contribution in [0.1, 0.15) is 36.6 Å². The molecule has 0 aliphatic rings. The van der Waals surface area contributed by atoms with Gasteiger partial charge in [0.15, 0.2) is 0 Å². The van der Waals surface area contributed by atoms with E-state index in [1.807, 2.05) is 12.3 Å². The van der Waals surface area contributed by atoms with Gasteiger partial charge in [-0.2, -0.15) is 0 Å². The van der Waals surface area contributed by atoms with Gasteiger partial charge in [0.1, 0.15) is 0 Å². The van der Waals surface area contributed by atoms with Gasteiger partial charge in [-0.05, 0) is 50.4 Å². The van der Waals surface area contributed by atoms with Gasteiger partial charge in [0.2, 0.25) is 0 Å². The largest absolute Gasteiger partial charge is 0.314 e. The highest BCUT2D eigenvalue weighted by atomic mass is 14.9.